The lowest BCUT2D eigenvalue weighted by Crippen LogP contribution is -2.45. The summed E-state index contributed by atoms with van der Waals surface area (Å²) in [7, 11) is 0. The Bertz CT molecular complexity index is 595. The maximum absolute atomic E-state index is 13.1. The Morgan fingerprint density at radius 3 is 2.41 bits per heavy atom. The molecule has 1 saturated heterocycles. The Morgan fingerprint density at radius 1 is 1.00 bits per heavy atom. The summed E-state index contributed by atoms with van der Waals surface area (Å²) in [5.41, 5.74) is 1.02. The molecular weight excluding hydrogens is 306 g/mol. The molecule has 2 aromatic rings. The molecule has 1 heterocycles. The Kier molecular flexibility index (Phi) is 6.12. The summed E-state index contributed by atoms with van der Waals surface area (Å²) in [4.78, 5) is 2.18. The number of rotatable bonds is 4. The minimum absolute atomic E-state index is 0. The van der Waals surface area contributed by atoms with Crippen LogP contribution < -0.4 is 5.32 Å². The van der Waals surface area contributed by atoms with E-state index in [9.17, 15) is 8.78 Å². The van der Waals surface area contributed by atoms with Crippen molar-refractivity contribution < 1.29 is 8.78 Å². The van der Waals surface area contributed by atoms with E-state index in [2.05, 4.69) is 10.2 Å². The zero-order valence-electron chi connectivity index (χ0n) is 12.3. The highest BCUT2D eigenvalue weighted by Gasteiger charge is 2.26. The summed E-state index contributed by atoms with van der Waals surface area (Å²) in [6, 6.07) is 13.8. The highest BCUT2D eigenvalue weighted by atomic mass is 35.5. The van der Waals surface area contributed by atoms with Gasteiger partial charge in [-0.05, 0) is 16.3 Å². The predicted molar refractivity (Wildman–Crippen MR) is 89.0 cm³/mol. The van der Waals surface area contributed by atoms with E-state index < -0.39 is 6.43 Å². The van der Waals surface area contributed by atoms with Crippen LogP contribution in [-0.2, 0) is 0 Å². The molecule has 0 radical (unpaired) electrons. The molecule has 120 valence electrons. The minimum Gasteiger partial charge on any atom is -0.314 e. The third-order valence-corrected chi connectivity index (χ3v) is 4.18. The standard InChI is InChI=1S/C17H20F2N2.ClH/c18-17(19)12-16(21-10-8-20-9-11-21)15-7-3-5-13-4-1-2-6-14(13)15;/h1-7,16-17,20H,8-12H2;1H/t16-;/m1./s1. The molecule has 0 unspecified atom stereocenters. The minimum atomic E-state index is -2.29. The number of piperazine rings is 1. The largest absolute Gasteiger partial charge is 0.314 e. The molecule has 3 rings (SSSR count). The van der Waals surface area contributed by atoms with Crippen LogP contribution in [0.15, 0.2) is 42.5 Å². The third-order valence-electron chi connectivity index (χ3n) is 4.18. The monoisotopic (exact) mass is 326 g/mol. The summed E-state index contributed by atoms with van der Waals surface area (Å²) in [6.07, 6.45) is -2.39. The van der Waals surface area contributed by atoms with Crippen molar-refractivity contribution in [2.45, 2.75) is 18.9 Å². The van der Waals surface area contributed by atoms with Gasteiger partial charge in [0.15, 0.2) is 0 Å². The Hall–Kier alpha value is -1.23. The van der Waals surface area contributed by atoms with Crippen molar-refractivity contribution in [1.29, 1.82) is 0 Å². The van der Waals surface area contributed by atoms with Crippen LogP contribution in [0.4, 0.5) is 8.78 Å². The summed E-state index contributed by atoms with van der Waals surface area (Å²) >= 11 is 0. The van der Waals surface area contributed by atoms with Gasteiger partial charge in [-0.1, -0.05) is 42.5 Å². The summed E-state index contributed by atoms with van der Waals surface area (Å²) in [6.45, 7) is 3.37. The molecule has 0 aliphatic carbocycles. The molecule has 22 heavy (non-hydrogen) atoms. The van der Waals surface area contributed by atoms with E-state index >= 15 is 0 Å². The highest BCUT2D eigenvalue weighted by Crippen LogP contribution is 2.32. The van der Waals surface area contributed by atoms with Gasteiger partial charge >= 0.3 is 0 Å². The van der Waals surface area contributed by atoms with Gasteiger partial charge in [0.1, 0.15) is 0 Å². The van der Waals surface area contributed by atoms with E-state index in [4.69, 9.17) is 0 Å². The molecular formula is C17H21ClF2N2. The maximum atomic E-state index is 13.1. The Morgan fingerprint density at radius 2 is 1.68 bits per heavy atom. The van der Waals surface area contributed by atoms with Crippen LogP contribution in [0.1, 0.15) is 18.0 Å². The van der Waals surface area contributed by atoms with Crippen molar-refractivity contribution in [1.82, 2.24) is 10.2 Å². The van der Waals surface area contributed by atoms with Crippen LogP contribution in [-0.4, -0.2) is 37.5 Å². The van der Waals surface area contributed by atoms with E-state index in [-0.39, 0.29) is 24.9 Å². The van der Waals surface area contributed by atoms with Gasteiger partial charge < -0.3 is 5.32 Å². The molecule has 5 heteroatoms. The van der Waals surface area contributed by atoms with Crippen molar-refractivity contribution >= 4 is 23.2 Å². The number of benzene rings is 2. The first kappa shape index (κ1) is 17.1. The summed E-state index contributed by atoms with van der Waals surface area (Å²) < 4.78 is 26.2. The van der Waals surface area contributed by atoms with E-state index in [0.717, 1.165) is 42.5 Å². The molecule has 1 aliphatic heterocycles. The van der Waals surface area contributed by atoms with Gasteiger partial charge in [0, 0.05) is 38.6 Å². The molecule has 1 atom stereocenters. The van der Waals surface area contributed by atoms with Crippen molar-refractivity contribution in [3.8, 4) is 0 Å². The van der Waals surface area contributed by atoms with Gasteiger partial charge in [-0.25, -0.2) is 8.78 Å². The van der Waals surface area contributed by atoms with E-state index in [1.807, 2.05) is 42.5 Å². The number of alkyl halides is 2. The van der Waals surface area contributed by atoms with Crippen molar-refractivity contribution in [2.75, 3.05) is 26.2 Å². The molecule has 0 saturated carbocycles. The molecule has 1 fully saturated rings. The van der Waals surface area contributed by atoms with Crippen molar-refractivity contribution in [3.63, 3.8) is 0 Å². The Labute approximate surface area is 135 Å². The number of hydrogen-bond donors (Lipinski definition) is 1. The zero-order valence-corrected chi connectivity index (χ0v) is 13.2. The van der Waals surface area contributed by atoms with Crippen LogP contribution in [0, 0.1) is 0 Å². The smallest absolute Gasteiger partial charge is 0.240 e. The fourth-order valence-electron chi connectivity index (χ4n) is 3.18. The molecule has 1 N–H and O–H groups in total. The number of fused-ring (bicyclic) bond motifs is 1. The van der Waals surface area contributed by atoms with Gasteiger partial charge in [0.25, 0.3) is 0 Å². The number of hydrogen-bond acceptors (Lipinski definition) is 2. The van der Waals surface area contributed by atoms with Gasteiger partial charge in [-0.3, -0.25) is 4.90 Å². The zero-order chi connectivity index (χ0) is 14.7. The third kappa shape index (κ3) is 3.75. The lowest BCUT2D eigenvalue weighted by Gasteiger charge is -2.35. The van der Waals surface area contributed by atoms with Gasteiger partial charge in [0.05, 0.1) is 0 Å². The number of halogens is 3. The lowest BCUT2D eigenvalue weighted by molar-refractivity contribution is 0.0745. The van der Waals surface area contributed by atoms with E-state index in [0.29, 0.717) is 0 Å². The molecule has 2 aromatic carbocycles. The summed E-state index contributed by atoms with van der Waals surface area (Å²) in [5, 5.41) is 5.48. The van der Waals surface area contributed by atoms with Crippen molar-refractivity contribution in [2.24, 2.45) is 0 Å². The first-order chi connectivity index (χ1) is 10.3. The summed E-state index contributed by atoms with van der Waals surface area (Å²) in [5.74, 6) is 0. The van der Waals surface area contributed by atoms with Crippen LogP contribution >= 0.6 is 12.4 Å². The van der Waals surface area contributed by atoms with E-state index in [1.54, 1.807) is 0 Å². The molecule has 0 amide bonds. The topological polar surface area (TPSA) is 15.3 Å². The van der Waals surface area contributed by atoms with Crippen LogP contribution in [0.5, 0.6) is 0 Å². The quantitative estimate of drug-likeness (QED) is 0.917. The predicted octanol–water partition coefficient (Wildman–Crippen LogP) is 3.86. The normalized spacial score (nSPS) is 17.4. The Balaban J connectivity index is 0.00000176. The molecule has 2 nitrogen and oxygen atoms in total. The second-order valence-electron chi connectivity index (χ2n) is 5.50. The van der Waals surface area contributed by atoms with Crippen LogP contribution in [0.2, 0.25) is 0 Å². The van der Waals surface area contributed by atoms with Gasteiger partial charge in [-0.2, -0.15) is 0 Å². The molecule has 0 aromatic heterocycles. The maximum Gasteiger partial charge on any atom is 0.240 e. The fraction of sp³-hybridized carbons (Fsp3) is 0.412. The van der Waals surface area contributed by atoms with Crippen molar-refractivity contribution in [3.05, 3.63) is 48.0 Å². The number of nitrogens with zero attached hydrogens (tertiary/aromatic N) is 1. The highest BCUT2D eigenvalue weighted by molar-refractivity contribution is 5.86. The SMILES string of the molecule is Cl.FC(F)C[C@H](c1cccc2ccccc12)N1CCNCC1. The van der Waals surface area contributed by atoms with Crippen LogP contribution in [0.3, 0.4) is 0 Å². The van der Waals surface area contributed by atoms with Gasteiger partial charge in [-0.15, -0.1) is 12.4 Å². The lowest BCUT2D eigenvalue weighted by atomic mass is 9.95. The molecule has 1 aliphatic rings. The van der Waals surface area contributed by atoms with Crippen LogP contribution in [0.25, 0.3) is 10.8 Å². The average molecular weight is 327 g/mol. The van der Waals surface area contributed by atoms with Gasteiger partial charge in [0.2, 0.25) is 6.43 Å². The second-order valence-corrected chi connectivity index (χ2v) is 5.50. The second kappa shape index (κ2) is 7.86. The molecule has 0 spiro atoms. The molecule has 0 bridgehead atoms. The van der Waals surface area contributed by atoms with E-state index in [1.165, 1.54) is 0 Å². The first-order valence-electron chi connectivity index (χ1n) is 7.46. The fourth-order valence-corrected chi connectivity index (χ4v) is 3.18. The number of nitrogens with one attached hydrogen (secondary N) is 1. The average Bonchev–Trinajstić information content (AvgIpc) is 2.53. The first-order valence-corrected chi connectivity index (χ1v) is 7.46.